The van der Waals surface area contributed by atoms with Crippen molar-refractivity contribution in [2.45, 2.75) is 30.9 Å². The second kappa shape index (κ2) is 8.14. The lowest BCUT2D eigenvalue weighted by Crippen LogP contribution is -2.53. The highest BCUT2D eigenvalue weighted by Gasteiger charge is 2.40. The van der Waals surface area contributed by atoms with Crippen molar-refractivity contribution in [3.05, 3.63) is 27.6 Å². The number of hydrogen-bond donors (Lipinski definition) is 1. The maximum absolute atomic E-state index is 13.0. The number of sulfonamides is 1. The van der Waals surface area contributed by atoms with Crippen LogP contribution in [0.25, 0.3) is 0 Å². The summed E-state index contributed by atoms with van der Waals surface area (Å²) in [6.07, 6.45) is 0.818. The summed E-state index contributed by atoms with van der Waals surface area (Å²) in [6.45, 7) is 4.71. The number of allylic oxidation sites excluding steroid dienone is 2. The number of carboxylic acids is 1. The Hall–Kier alpha value is -1.42. The van der Waals surface area contributed by atoms with Gasteiger partial charge in [-0.3, -0.25) is 9.59 Å². The van der Waals surface area contributed by atoms with Crippen molar-refractivity contribution in [2.24, 2.45) is 11.8 Å². The molecule has 28 heavy (non-hydrogen) atoms. The summed E-state index contributed by atoms with van der Waals surface area (Å²) in [5.74, 6) is -2.48. The maximum atomic E-state index is 13.0. The van der Waals surface area contributed by atoms with Crippen LogP contribution in [0.4, 0.5) is 0 Å². The van der Waals surface area contributed by atoms with Crippen LogP contribution in [-0.2, 0) is 19.6 Å². The van der Waals surface area contributed by atoms with Gasteiger partial charge in [-0.15, -0.1) is 11.3 Å². The van der Waals surface area contributed by atoms with Crippen molar-refractivity contribution in [3.63, 3.8) is 0 Å². The molecule has 0 radical (unpaired) electrons. The summed E-state index contributed by atoms with van der Waals surface area (Å²) in [6, 6.07) is 3.03. The highest BCUT2D eigenvalue weighted by molar-refractivity contribution is 7.91. The summed E-state index contributed by atoms with van der Waals surface area (Å²) in [5, 5.41) is 9.55. The fourth-order valence-corrected chi connectivity index (χ4v) is 6.82. The predicted molar refractivity (Wildman–Crippen MR) is 107 cm³/mol. The Balaban J connectivity index is 1.69. The van der Waals surface area contributed by atoms with Crippen molar-refractivity contribution in [3.8, 4) is 0 Å². The van der Waals surface area contributed by atoms with E-state index in [1.165, 1.54) is 10.4 Å². The molecule has 0 saturated carbocycles. The lowest BCUT2D eigenvalue weighted by Gasteiger charge is -2.38. The number of carboxylic acid groups (broad SMARTS) is 1. The highest BCUT2D eigenvalue weighted by Crippen LogP contribution is 2.36. The molecule has 0 aromatic carbocycles. The first-order valence-electron chi connectivity index (χ1n) is 9.03. The average Bonchev–Trinajstić information content (AvgIpc) is 3.10. The standard InChI is InChI=1S/C18H23ClN2O5S2/c1-11-9-13(14(18(23)24)10-12(11)2)17(22)20-5-7-21(8-6-20)28(25,26)16-4-3-15(19)27-16/h3-4,13-14H,5-10H2,1-2H3,(H,23,24). The Labute approximate surface area is 173 Å². The van der Waals surface area contributed by atoms with E-state index in [4.69, 9.17) is 11.6 Å². The second-order valence-corrected chi connectivity index (χ2v) is 11.2. The van der Waals surface area contributed by atoms with Gasteiger partial charge in [0, 0.05) is 26.2 Å². The molecule has 3 rings (SSSR count). The van der Waals surface area contributed by atoms with Crippen molar-refractivity contribution in [1.82, 2.24) is 9.21 Å². The lowest BCUT2D eigenvalue weighted by molar-refractivity contribution is -0.151. The van der Waals surface area contributed by atoms with Crippen molar-refractivity contribution >= 4 is 44.8 Å². The van der Waals surface area contributed by atoms with E-state index in [-0.39, 0.29) is 36.3 Å². The first-order chi connectivity index (χ1) is 13.1. The van der Waals surface area contributed by atoms with Crippen molar-refractivity contribution < 1.29 is 23.1 Å². The number of thiophene rings is 1. The topological polar surface area (TPSA) is 95.0 Å². The van der Waals surface area contributed by atoms with Crippen LogP contribution in [0.5, 0.6) is 0 Å². The fraction of sp³-hybridized carbons (Fsp3) is 0.556. The van der Waals surface area contributed by atoms with E-state index in [0.29, 0.717) is 17.2 Å². The minimum Gasteiger partial charge on any atom is -0.481 e. The molecule has 2 unspecified atom stereocenters. The van der Waals surface area contributed by atoms with E-state index in [0.717, 1.165) is 22.5 Å². The van der Waals surface area contributed by atoms with Crippen molar-refractivity contribution in [1.29, 1.82) is 0 Å². The Morgan fingerprint density at radius 3 is 2.14 bits per heavy atom. The normalized spacial score (nSPS) is 24.5. The molecule has 1 aliphatic carbocycles. The van der Waals surface area contributed by atoms with Gasteiger partial charge in [0.05, 0.1) is 16.2 Å². The number of carbonyl (C=O) groups is 2. The Morgan fingerprint density at radius 2 is 1.64 bits per heavy atom. The zero-order chi connectivity index (χ0) is 20.6. The summed E-state index contributed by atoms with van der Waals surface area (Å²) in [7, 11) is -3.63. The van der Waals surface area contributed by atoms with Gasteiger partial charge in [-0.25, -0.2) is 8.42 Å². The molecule has 1 aromatic heterocycles. The fourth-order valence-electron chi connectivity index (χ4n) is 3.76. The second-order valence-electron chi connectivity index (χ2n) is 7.31. The van der Waals surface area contributed by atoms with E-state index >= 15 is 0 Å². The molecule has 1 fully saturated rings. The SMILES string of the molecule is CC1=C(C)CC(C(=O)N2CCN(S(=O)(=O)c3ccc(Cl)s3)CC2)C(C(=O)O)C1. The quantitative estimate of drug-likeness (QED) is 0.717. The molecule has 1 aliphatic heterocycles. The van der Waals surface area contributed by atoms with Gasteiger partial charge in [0.25, 0.3) is 10.0 Å². The minimum atomic E-state index is -3.63. The van der Waals surface area contributed by atoms with Crippen LogP contribution in [0.2, 0.25) is 4.34 Å². The van der Waals surface area contributed by atoms with Crippen LogP contribution in [0, 0.1) is 11.8 Å². The summed E-state index contributed by atoms with van der Waals surface area (Å²) in [5.41, 5.74) is 2.09. The van der Waals surface area contributed by atoms with E-state index in [1.807, 2.05) is 13.8 Å². The molecular weight excluding hydrogens is 424 g/mol. The van der Waals surface area contributed by atoms with Gasteiger partial charge in [0.1, 0.15) is 4.21 Å². The van der Waals surface area contributed by atoms with Crippen LogP contribution in [0.1, 0.15) is 26.7 Å². The summed E-state index contributed by atoms with van der Waals surface area (Å²) < 4.78 is 27.3. The molecule has 1 aromatic rings. The maximum Gasteiger partial charge on any atom is 0.307 e. The number of aliphatic carboxylic acids is 1. The molecule has 10 heteroatoms. The number of hydrogen-bond acceptors (Lipinski definition) is 5. The molecular formula is C18H23ClN2O5S2. The summed E-state index contributed by atoms with van der Waals surface area (Å²) >= 11 is 6.86. The first kappa shape index (κ1) is 21.3. The Kier molecular flexibility index (Phi) is 6.19. The number of rotatable bonds is 4. The summed E-state index contributed by atoms with van der Waals surface area (Å²) in [4.78, 5) is 26.3. The van der Waals surface area contributed by atoms with Gasteiger partial charge in [-0.1, -0.05) is 22.7 Å². The molecule has 2 atom stereocenters. The molecule has 1 N–H and O–H groups in total. The van der Waals surface area contributed by atoms with Gasteiger partial charge >= 0.3 is 5.97 Å². The van der Waals surface area contributed by atoms with E-state index in [2.05, 4.69) is 0 Å². The zero-order valence-electron chi connectivity index (χ0n) is 15.7. The highest BCUT2D eigenvalue weighted by atomic mass is 35.5. The van der Waals surface area contributed by atoms with Gasteiger partial charge in [-0.2, -0.15) is 4.31 Å². The molecule has 1 saturated heterocycles. The lowest BCUT2D eigenvalue weighted by atomic mass is 9.76. The number of nitrogens with zero attached hydrogens (tertiary/aromatic N) is 2. The number of piperazine rings is 1. The van der Waals surface area contributed by atoms with Crippen LogP contribution in [-0.4, -0.2) is 60.8 Å². The van der Waals surface area contributed by atoms with Crippen LogP contribution in [0.3, 0.4) is 0 Å². The van der Waals surface area contributed by atoms with Crippen LogP contribution in [0.15, 0.2) is 27.5 Å². The Bertz CT molecular complexity index is 916. The predicted octanol–water partition coefficient (Wildman–Crippen LogP) is 2.68. The Morgan fingerprint density at radius 1 is 1.07 bits per heavy atom. The zero-order valence-corrected chi connectivity index (χ0v) is 18.1. The van der Waals surface area contributed by atoms with Gasteiger partial charge < -0.3 is 10.0 Å². The molecule has 154 valence electrons. The number of halogens is 1. The van der Waals surface area contributed by atoms with Gasteiger partial charge in [0.2, 0.25) is 5.91 Å². The first-order valence-corrected chi connectivity index (χ1v) is 11.7. The van der Waals surface area contributed by atoms with E-state index in [9.17, 15) is 23.1 Å². The van der Waals surface area contributed by atoms with Crippen molar-refractivity contribution in [2.75, 3.05) is 26.2 Å². The third-order valence-corrected chi connectivity index (χ3v) is 9.19. The molecule has 1 amide bonds. The molecule has 2 heterocycles. The minimum absolute atomic E-state index is 0.182. The smallest absolute Gasteiger partial charge is 0.307 e. The van der Waals surface area contributed by atoms with E-state index < -0.39 is 27.8 Å². The third kappa shape index (κ3) is 4.12. The van der Waals surface area contributed by atoms with E-state index in [1.54, 1.807) is 11.0 Å². The monoisotopic (exact) mass is 446 g/mol. The van der Waals surface area contributed by atoms with Crippen LogP contribution < -0.4 is 0 Å². The molecule has 7 nitrogen and oxygen atoms in total. The molecule has 0 bridgehead atoms. The third-order valence-electron chi connectivity index (χ3n) is 5.59. The largest absolute Gasteiger partial charge is 0.481 e. The van der Waals surface area contributed by atoms with Crippen LogP contribution >= 0.6 is 22.9 Å². The number of amides is 1. The van der Waals surface area contributed by atoms with Gasteiger partial charge in [-0.05, 0) is 38.8 Å². The average molecular weight is 447 g/mol. The molecule has 0 spiro atoms. The van der Waals surface area contributed by atoms with Gasteiger partial charge in [0.15, 0.2) is 0 Å². The number of carbonyl (C=O) groups excluding carboxylic acids is 1. The molecule has 2 aliphatic rings.